The highest BCUT2D eigenvalue weighted by Crippen LogP contribution is 2.23. The van der Waals surface area contributed by atoms with Crippen LogP contribution in [0.3, 0.4) is 0 Å². The Bertz CT molecular complexity index is 671. The maximum absolute atomic E-state index is 12.0. The third-order valence-corrected chi connectivity index (χ3v) is 3.98. The lowest BCUT2D eigenvalue weighted by Gasteiger charge is -2.11. The van der Waals surface area contributed by atoms with Crippen LogP contribution in [0.15, 0.2) is 36.4 Å². The Morgan fingerprint density at radius 1 is 1.10 bits per heavy atom. The average molecular weight is 323 g/mol. The van der Waals surface area contributed by atoms with Gasteiger partial charge in [-0.2, -0.15) is 0 Å². The number of aryl methyl sites for hydroxylation is 1. The predicted molar refractivity (Wildman–Crippen MR) is 89.5 cm³/mol. The van der Waals surface area contributed by atoms with E-state index in [-0.39, 0.29) is 12.5 Å². The van der Waals surface area contributed by atoms with E-state index in [9.17, 15) is 4.79 Å². The van der Waals surface area contributed by atoms with Crippen molar-refractivity contribution in [1.82, 2.24) is 0 Å². The number of halogens is 2. The number of hydrogen-bond donors (Lipinski definition) is 2. The van der Waals surface area contributed by atoms with Crippen molar-refractivity contribution in [2.24, 2.45) is 0 Å². The predicted octanol–water partition coefficient (Wildman–Crippen LogP) is 4.66. The van der Waals surface area contributed by atoms with Crippen LogP contribution in [0.5, 0.6) is 0 Å². The van der Waals surface area contributed by atoms with Crippen LogP contribution in [-0.2, 0) is 4.79 Å². The molecule has 21 heavy (non-hydrogen) atoms. The first-order valence-electron chi connectivity index (χ1n) is 6.52. The lowest BCUT2D eigenvalue weighted by molar-refractivity contribution is -0.114. The van der Waals surface area contributed by atoms with E-state index in [1.54, 1.807) is 18.2 Å². The molecule has 0 atom stereocenters. The van der Waals surface area contributed by atoms with E-state index in [0.717, 1.165) is 22.5 Å². The summed E-state index contributed by atoms with van der Waals surface area (Å²) in [6.45, 7) is 3.96. The molecular weight excluding hydrogens is 307 g/mol. The number of nitrogens with one attached hydrogen (secondary N) is 2. The van der Waals surface area contributed by atoms with Crippen LogP contribution in [0.1, 0.15) is 11.1 Å². The Balaban J connectivity index is 1.96. The third kappa shape index (κ3) is 4.13. The standard InChI is InChI=1S/C16H16Cl2N2O/c1-10-6-7-12(8-14(10)18)19-9-16(21)20-15-5-3-4-13(17)11(15)2/h3-8,19H,9H2,1-2H3,(H,20,21). The summed E-state index contributed by atoms with van der Waals surface area (Å²) in [6, 6.07) is 11.0. The van der Waals surface area contributed by atoms with Gasteiger partial charge in [0, 0.05) is 21.4 Å². The van der Waals surface area contributed by atoms with Gasteiger partial charge in [-0.1, -0.05) is 35.3 Å². The van der Waals surface area contributed by atoms with Crippen molar-refractivity contribution in [3.63, 3.8) is 0 Å². The molecule has 5 heteroatoms. The molecule has 0 aromatic heterocycles. The first-order valence-corrected chi connectivity index (χ1v) is 7.28. The van der Waals surface area contributed by atoms with Crippen LogP contribution in [0.2, 0.25) is 10.0 Å². The minimum Gasteiger partial charge on any atom is -0.376 e. The first-order chi connectivity index (χ1) is 9.97. The summed E-state index contributed by atoms with van der Waals surface area (Å²) in [7, 11) is 0. The smallest absolute Gasteiger partial charge is 0.243 e. The highest BCUT2D eigenvalue weighted by Gasteiger charge is 2.07. The molecule has 0 aliphatic carbocycles. The van der Waals surface area contributed by atoms with Gasteiger partial charge < -0.3 is 10.6 Å². The van der Waals surface area contributed by atoms with Crippen LogP contribution in [0.25, 0.3) is 0 Å². The van der Waals surface area contributed by atoms with Gasteiger partial charge in [0.15, 0.2) is 0 Å². The number of amides is 1. The van der Waals surface area contributed by atoms with Gasteiger partial charge in [-0.3, -0.25) is 4.79 Å². The molecule has 0 aliphatic rings. The van der Waals surface area contributed by atoms with Gasteiger partial charge in [-0.25, -0.2) is 0 Å². The molecule has 0 radical (unpaired) electrons. The molecular formula is C16H16Cl2N2O. The minimum absolute atomic E-state index is 0.142. The van der Waals surface area contributed by atoms with E-state index in [2.05, 4.69) is 10.6 Å². The van der Waals surface area contributed by atoms with Crippen molar-refractivity contribution >= 4 is 40.5 Å². The summed E-state index contributed by atoms with van der Waals surface area (Å²) in [5.74, 6) is -0.142. The molecule has 0 heterocycles. The molecule has 0 unspecified atom stereocenters. The lowest BCUT2D eigenvalue weighted by atomic mass is 10.2. The Kier molecular flexibility index (Phi) is 5.10. The number of rotatable bonds is 4. The zero-order chi connectivity index (χ0) is 15.4. The molecule has 2 rings (SSSR count). The normalized spacial score (nSPS) is 10.3. The zero-order valence-corrected chi connectivity index (χ0v) is 13.3. The second-order valence-corrected chi connectivity index (χ2v) is 5.59. The lowest BCUT2D eigenvalue weighted by Crippen LogP contribution is -2.22. The molecule has 2 aromatic rings. The molecule has 0 aliphatic heterocycles. The van der Waals surface area contributed by atoms with E-state index in [1.165, 1.54) is 0 Å². The SMILES string of the molecule is Cc1ccc(NCC(=O)Nc2cccc(Cl)c2C)cc1Cl. The fourth-order valence-corrected chi connectivity index (χ4v) is 2.18. The maximum atomic E-state index is 12.0. The quantitative estimate of drug-likeness (QED) is 0.859. The summed E-state index contributed by atoms with van der Waals surface area (Å²) in [5.41, 5.74) is 3.38. The van der Waals surface area contributed by atoms with Gasteiger partial charge in [0.2, 0.25) is 5.91 Å². The minimum atomic E-state index is -0.142. The topological polar surface area (TPSA) is 41.1 Å². The van der Waals surface area contributed by atoms with Crippen molar-refractivity contribution < 1.29 is 4.79 Å². The van der Waals surface area contributed by atoms with Gasteiger partial charge in [-0.05, 0) is 49.2 Å². The molecule has 0 fully saturated rings. The van der Waals surface area contributed by atoms with E-state index in [4.69, 9.17) is 23.2 Å². The summed E-state index contributed by atoms with van der Waals surface area (Å²) in [5, 5.41) is 7.17. The van der Waals surface area contributed by atoms with Crippen molar-refractivity contribution in [2.45, 2.75) is 13.8 Å². The summed E-state index contributed by atoms with van der Waals surface area (Å²) < 4.78 is 0. The average Bonchev–Trinajstić information content (AvgIpc) is 2.45. The molecule has 0 saturated carbocycles. The number of carbonyl (C=O) groups is 1. The largest absolute Gasteiger partial charge is 0.376 e. The molecule has 0 bridgehead atoms. The second-order valence-electron chi connectivity index (χ2n) is 4.78. The Labute approximate surface area is 134 Å². The molecule has 3 nitrogen and oxygen atoms in total. The number of hydrogen-bond acceptors (Lipinski definition) is 2. The van der Waals surface area contributed by atoms with Crippen LogP contribution < -0.4 is 10.6 Å². The highest BCUT2D eigenvalue weighted by molar-refractivity contribution is 6.32. The van der Waals surface area contributed by atoms with Gasteiger partial charge in [-0.15, -0.1) is 0 Å². The summed E-state index contributed by atoms with van der Waals surface area (Å²) >= 11 is 12.1. The Morgan fingerprint density at radius 3 is 2.57 bits per heavy atom. The van der Waals surface area contributed by atoms with Crippen molar-refractivity contribution in [2.75, 3.05) is 17.2 Å². The molecule has 110 valence electrons. The van der Waals surface area contributed by atoms with Crippen molar-refractivity contribution in [3.8, 4) is 0 Å². The van der Waals surface area contributed by atoms with E-state index >= 15 is 0 Å². The third-order valence-electron chi connectivity index (χ3n) is 3.17. The second kappa shape index (κ2) is 6.83. The molecule has 2 aromatic carbocycles. The monoisotopic (exact) mass is 322 g/mol. The fourth-order valence-electron chi connectivity index (χ4n) is 1.82. The number of benzene rings is 2. The van der Waals surface area contributed by atoms with Gasteiger partial charge in [0.05, 0.1) is 6.54 Å². The van der Waals surface area contributed by atoms with Crippen LogP contribution in [0.4, 0.5) is 11.4 Å². The summed E-state index contributed by atoms with van der Waals surface area (Å²) in [6.07, 6.45) is 0. The van der Waals surface area contributed by atoms with Crippen LogP contribution >= 0.6 is 23.2 Å². The maximum Gasteiger partial charge on any atom is 0.243 e. The van der Waals surface area contributed by atoms with E-state index < -0.39 is 0 Å². The van der Waals surface area contributed by atoms with Crippen molar-refractivity contribution in [1.29, 1.82) is 0 Å². The zero-order valence-electron chi connectivity index (χ0n) is 11.8. The molecule has 1 amide bonds. The first kappa shape index (κ1) is 15.7. The van der Waals surface area contributed by atoms with Crippen LogP contribution in [0, 0.1) is 13.8 Å². The fraction of sp³-hybridized carbons (Fsp3) is 0.188. The highest BCUT2D eigenvalue weighted by atomic mass is 35.5. The summed E-state index contributed by atoms with van der Waals surface area (Å²) in [4.78, 5) is 12.0. The van der Waals surface area contributed by atoms with E-state index in [0.29, 0.717) is 10.0 Å². The molecule has 2 N–H and O–H groups in total. The Morgan fingerprint density at radius 2 is 1.86 bits per heavy atom. The Hall–Kier alpha value is -1.71. The number of carbonyl (C=O) groups excluding carboxylic acids is 1. The van der Waals surface area contributed by atoms with E-state index in [1.807, 2.05) is 32.0 Å². The van der Waals surface area contributed by atoms with Gasteiger partial charge >= 0.3 is 0 Å². The van der Waals surface area contributed by atoms with Crippen LogP contribution in [-0.4, -0.2) is 12.5 Å². The van der Waals surface area contributed by atoms with Gasteiger partial charge in [0.1, 0.15) is 0 Å². The van der Waals surface area contributed by atoms with Crippen molar-refractivity contribution in [3.05, 3.63) is 57.6 Å². The molecule has 0 spiro atoms. The van der Waals surface area contributed by atoms with Gasteiger partial charge in [0.25, 0.3) is 0 Å². The molecule has 0 saturated heterocycles. The number of anilines is 2.